The number of carboxylic acid groups (broad SMARTS) is 1. The number of rotatable bonds is 2. The van der Waals surface area contributed by atoms with Gasteiger partial charge in [0.25, 0.3) is 0 Å². The number of carbonyl (C=O) groups is 1. The molecule has 0 aliphatic heterocycles. The van der Waals surface area contributed by atoms with Crippen molar-refractivity contribution in [2.75, 3.05) is 0 Å². The van der Waals surface area contributed by atoms with Crippen molar-refractivity contribution in [3.8, 4) is 0 Å². The van der Waals surface area contributed by atoms with Gasteiger partial charge in [-0.3, -0.25) is 0 Å². The molecule has 0 radical (unpaired) electrons. The summed E-state index contributed by atoms with van der Waals surface area (Å²) in [4.78, 5) is 9.98. The highest BCUT2D eigenvalue weighted by Crippen LogP contribution is 2.17. The van der Waals surface area contributed by atoms with E-state index < -0.39 is 17.5 Å². The minimum Gasteiger partial charge on any atom is -0.547 e. The van der Waals surface area contributed by atoms with Crippen molar-refractivity contribution in [1.82, 2.24) is 0 Å². The van der Waals surface area contributed by atoms with Gasteiger partial charge in [0.15, 0.2) is 0 Å². The van der Waals surface area contributed by atoms with Gasteiger partial charge in [-0.1, -0.05) is 51.1 Å². The van der Waals surface area contributed by atoms with Gasteiger partial charge in [-0.05, 0) is 12.3 Å². The summed E-state index contributed by atoms with van der Waals surface area (Å²) in [6, 6.07) is 10.7. The second-order valence-electron chi connectivity index (χ2n) is 5.40. The number of hydrogen-bond donors (Lipinski definition) is 2. The molecule has 0 spiro atoms. The molecule has 0 aliphatic rings. The number of carboxylic acids is 1. The summed E-state index contributed by atoms with van der Waals surface area (Å²) in [6.45, 7) is 6.99. The smallest absolute Gasteiger partial charge is 0.107 e. The lowest BCUT2D eigenvalue weighted by Gasteiger charge is -2.25. The normalized spacial score (nSPS) is 14.1. The van der Waals surface area contributed by atoms with E-state index in [4.69, 9.17) is 5.11 Å². The molecule has 0 aromatic heterocycles. The molecule has 0 saturated carbocycles. The first-order valence-electron chi connectivity index (χ1n) is 5.93. The molecule has 2 atom stereocenters. The highest BCUT2D eigenvalue weighted by atomic mass is 16.4. The SMILES string of the molecule is CC(C)(C)[C@H](O)C(=O)[O-].C[C@H]([NH3+])c1ccccc1. The maximum atomic E-state index is 9.98. The molecule has 0 unspecified atom stereocenters. The van der Waals surface area contributed by atoms with Gasteiger partial charge in [0.05, 0.1) is 12.1 Å². The van der Waals surface area contributed by atoms with Gasteiger partial charge in [0.2, 0.25) is 0 Å². The Morgan fingerprint density at radius 1 is 1.28 bits per heavy atom. The molecular weight excluding hydrogens is 230 g/mol. The van der Waals surface area contributed by atoms with E-state index in [-0.39, 0.29) is 0 Å². The number of aliphatic hydroxyl groups excluding tert-OH is 1. The van der Waals surface area contributed by atoms with Crippen LogP contribution in [-0.4, -0.2) is 17.2 Å². The third-order valence-corrected chi connectivity index (χ3v) is 2.41. The standard InChI is InChI=1S/C8H11N.C6H12O3/c1-7(9)8-5-3-2-4-6-8;1-6(2,3)4(7)5(8)9/h2-7H,9H2,1H3;4,7H,1-3H3,(H,8,9)/t7-;4-/m01/s1. The molecule has 0 amide bonds. The minimum absolute atomic E-state index is 0.409. The van der Waals surface area contributed by atoms with Crippen molar-refractivity contribution in [3.63, 3.8) is 0 Å². The van der Waals surface area contributed by atoms with Crippen molar-refractivity contribution in [2.45, 2.75) is 39.8 Å². The molecule has 0 bridgehead atoms. The lowest BCUT2D eigenvalue weighted by Crippen LogP contribution is -2.51. The second kappa shape index (κ2) is 7.13. The van der Waals surface area contributed by atoms with Crippen LogP contribution in [0.3, 0.4) is 0 Å². The Labute approximate surface area is 108 Å². The molecule has 1 aromatic carbocycles. The van der Waals surface area contributed by atoms with Crippen LogP contribution < -0.4 is 10.8 Å². The molecule has 0 saturated heterocycles. The highest BCUT2D eigenvalue weighted by molar-refractivity contribution is 5.70. The van der Waals surface area contributed by atoms with Gasteiger partial charge < -0.3 is 20.7 Å². The Balaban J connectivity index is 0.000000321. The van der Waals surface area contributed by atoms with Crippen LogP contribution in [0.2, 0.25) is 0 Å². The fourth-order valence-corrected chi connectivity index (χ4v) is 1.14. The van der Waals surface area contributed by atoms with Gasteiger partial charge in [-0.15, -0.1) is 0 Å². The zero-order chi connectivity index (χ0) is 14.3. The van der Waals surface area contributed by atoms with E-state index in [9.17, 15) is 9.90 Å². The first-order valence-corrected chi connectivity index (χ1v) is 5.93. The number of aliphatic hydroxyl groups is 1. The molecule has 4 heteroatoms. The van der Waals surface area contributed by atoms with Gasteiger partial charge in [-0.2, -0.15) is 0 Å². The van der Waals surface area contributed by atoms with Crippen molar-refractivity contribution >= 4 is 5.97 Å². The minimum atomic E-state index is -1.41. The van der Waals surface area contributed by atoms with E-state index in [0.717, 1.165) is 0 Å². The lowest BCUT2D eigenvalue weighted by atomic mass is 9.89. The monoisotopic (exact) mass is 253 g/mol. The molecule has 1 aromatic rings. The maximum Gasteiger partial charge on any atom is 0.107 e. The highest BCUT2D eigenvalue weighted by Gasteiger charge is 2.22. The molecule has 4 N–H and O–H groups in total. The van der Waals surface area contributed by atoms with Crippen LogP contribution >= 0.6 is 0 Å². The fraction of sp³-hybridized carbons (Fsp3) is 0.500. The molecule has 102 valence electrons. The Hall–Kier alpha value is -1.39. The molecule has 0 heterocycles. The van der Waals surface area contributed by atoms with Crippen molar-refractivity contribution in [1.29, 1.82) is 0 Å². The van der Waals surface area contributed by atoms with Crippen LogP contribution in [0.25, 0.3) is 0 Å². The quantitative estimate of drug-likeness (QED) is 0.785. The zero-order valence-electron chi connectivity index (χ0n) is 11.5. The average Bonchev–Trinajstić information content (AvgIpc) is 2.28. The summed E-state index contributed by atoms with van der Waals surface area (Å²) in [6.07, 6.45) is -1.38. The van der Waals surface area contributed by atoms with Gasteiger partial charge in [0.1, 0.15) is 6.04 Å². The molecule has 4 nitrogen and oxygen atoms in total. The maximum absolute atomic E-state index is 9.98. The Morgan fingerprint density at radius 3 is 1.89 bits per heavy atom. The van der Waals surface area contributed by atoms with Crippen LogP contribution in [-0.2, 0) is 4.79 Å². The zero-order valence-corrected chi connectivity index (χ0v) is 11.5. The van der Waals surface area contributed by atoms with E-state index in [0.29, 0.717) is 6.04 Å². The fourth-order valence-electron chi connectivity index (χ4n) is 1.14. The van der Waals surface area contributed by atoms with Gasteiger partial charge in [0, 0.05) is 5.56 Å². The average molecular weight is 253 g/mol. The summed E-state index contributed by atoms with van der Waals surface area (Å²) in [5, 5.41) is 18.8. The lowest BCUT2D eigenvalue weighted by molar-refractivity contribution is -0.420. The predicted octanol–water partition coefficient (Wildman–Crippen LogP) is 0.133. The third-order valence-electron chi connectivity index (χ3n) is 2.41. The predicted molar refractivity (Wildman–Crippen MR) is 68.2 cm³/mol. The van der Waals surface area contributed by atoms with Crippen molar-refractivity contribution < 1.29 is 20.7 Å². The first kappa shape index (κ1) is 16.6. The van der Waals surface area contributed by atoms with E-state index in [1.807, 2.05) is 18.2 Å². The molecule has 0 aliphatic carbocycles. The summed E-state index contributed by atoms with van der Waals surface area (Å²) in [5.41, 5.74) is 4.59. The first-order chi connectivity index (χ1) is 8.16. The van der Waals surface area contributed by atoms with Gasteiger partial charge >= 0.3 is 0 Å². The Bertz CT molecular complexity index is 355. The summed E-state index contributed by atoms with van der Waals surface area (Å²) in [5.74, 6) is -1.41. The number of aliphatic carboxylic acids is 1. The summed E-state index contributed by atoms with van der Waals surface area (Å²) < 4.78 is 0. The van der Waals surface area contributed by atoms with Crippen molar-refractivity contribution in [3.05, 3.63) is 35.9 Å². The van der Waals surface area contributed by atoms with E-state index in [1.165, 1.54) is 5.56 Å². The van der Waals surface area contributed by atoms with Crippen LogP contribution in [0.1, 0.15) is 39.3 Å². The van der Waals surface area contributed by atoms with E-state index in [1.54, 1.807) is 20.8 Å². The molecule has 18 heavy (non-hydrogen) atoms. The topological polar surface area (TPSA) is 88.0 Å². The van der Waals surface area contributed by atoms with Crippen LogP contribution in [0.15, 0.2) is 30.3 Å². The third kappa shape index (κ3) is 6.37. The Kier molecular flexibility index (Phi) is 6.58. The number of quaternary nitrogens is 1. The molecular formula is C14H23NO3. The van der Waals surface area contributed by atoms with E-state index >= 15 is 0 Å². The Morgan fingerprint density at radius 2 is 1.72 bits per heavy atom. The molecule has 0 fully saturated rings. The van der Waals surface area contributed by atoms with Gasteiger partial charge in [-0.25, -0.2) is 0 Å². The number of hydrogen-bond acceptors (Lipinski definition) is 3. The van der Waals surface area contributed by atoms with Crippen LogP contribution in [0, 0.1) is 5.41 Å². The van der Waals surface area contributed by atoms with Crippen molar-refractivity contribution in [2.24, 2.45) is 5.41 Å². The summed E-state index contributed by atoms with van der Waals surface area (Å²) in [7, 11) is 0. The number of benzene rings is 1. The largest absolute Gasteiger partial charge is 0.547 e. The summed E-state index contributed by atoms with van der Waals surface area (Å²) >= 11 is 0. The number of carbonyl (C=O) groups excluding carboxylic acids is 1. The van der Waals surface area contributed by atoms with Crippen LogP contribution in [0.4, 0.5) is 0 Å². The van der Waals surface area contributed by atoms with Crippen LogP contribution in [0.5, 0.6) is 0 Å². The second-order valence-corrected chi connectivity index (χ2v) is 5.40. The molecule has 1 rings (SSSR count). The van der Waals surface area contributed by atoms with E-state index in [2.05, 4.69) is 24.8 Å².